The van der Waals surface area contributed by atoms with Gasteiger partial charge in [-0.1, -0.05) is 12.1 Å². The second kappa shape index (κ2) is 6.00. The summed E-state index contributed by atoms with van der Waals surface area (Å²) in [6.07, 6.45) is 0.763. The number of anilines is 1. The Hall–Kier alpha value is -1.11. The second-order valence-corrected chi connectivity index (χ2v) is 5.83. The van der Waals surface area contributed by atoms with E-state index < -0.39 is 10.0 Å². The lowest BCUT2D eigenvalue weighted by atomic mass is 10.3. The normalized spacial score (nSPS) is 11.9. The van der Waals surface area contributed by atoms with E-state index in [0.717, 1.165) is 13.0 Å². The van der Waals surface area contributed by atoms with Crippen LogP contribution >= 0.6 is 0 Å². The summed E-state index contributed by atoms with van der Waals surface area (Å²) in [4.78, 5) is 2.15. The third-order valence-electron chi connectivity index (χ3n) is 2.28. The summed E-state index contributed by atoms with van der Waals surface area (Å²) in [6, 6.07) is 6.45. The largest absolute Gasteiger partial charge is 0.398 e. The maximum Gasteiger partial charge on any atom is 0.242 e. The lowest BCUT2D eigenvalue weighted by Gasteiger charge is -2.11. The van der Waals surface area contributed by atoms with Gasteiger partial charge in [0.2, 0.25) is 10.0 Å². The van der Waals surface area contributed by atoms with Crippen LogP contribution in [0, 0.1) is 0 Å². The third kappa shape index (κ3) is 4.33. The zero-order valence-corrected chi connectivity index (χ0v) is 11.0. The number of benzene rings is 1. The fourth-order valence-electron chi connectivity index (χ4n) is 1.40. The Balaban J connectivity index is 2.61. The Morgan fingerprint density at radius 3 is 2.53 bits per heavy atom. The van der Waals surface area contributed by atoms with Gasteiger partial charge >= 0.3 is 0 Å². The van der Waals surface area contributed by atoms with Crippen LogP contribution in [0.2, 0.25) is 0 Å². The molecule has 0 unspecified atom stereocenters. The fourth-order valence-corrected chi connectivity index (χ4v) is 2.61. The minimum absolute atomic E-state index is 0.143. The van der Waals surface area contributed by atoms with Gasteiger partial charge in [-0.05, 0) is 39.2 Å². The molecular formula is C11H19N3O2S. The Kier molecular flexibility index (Phi) is 4.92. The number of rotatable bonds is 6. The van der Waals surface area contributed by atoms with Crippen molar-refractivity contribution in [2.45, 2.75) is 11.3 Å². The van der Waals surface area contributed by atoms with Gasteiger partial charge in [0.1, 0.15) is 4.90 Å². The number of nitrogen functional groups attached to an aromatic ring is 1. The molecule has 6 heteroatoms. The maximum absolute atomic E-state index is 11.9. The topological polar surface area (TPSA) is 75.4 Å². The molecule has 0 aliphatic rings. The van der Waals surface area contributed by atoms with Crippen molar-refractivity contribution < 1.29 is 8.42 Å². The average Bonchev–Trinajstić information content (AvgIpc) is 2.24. The van der Waals surface area contributed by atoms with E-state index >= 15 is 0 Å². The number of nitrogens with zero attached hydrogens (tertiary/aromatic N) is 1. The molecule has 5 nitrogen and oxygen atoms in total. The van der Waals surface area contributed by atoms with Crippen LogP contribution in [-0.2, 0) is 10.0 Å². The van der Waals surface area contributed by atoms with E-state index in [4.69, 9.17) is 5.73 Å². The van der Waals surface area contributed by atoms with E-state index in [2.05, 4.69) is 4.72 Å². The van der Waals surface area contributed by atoms with Gasteiger partial charge < -0.3 is 10.6 Å². The smallest absolute Gasteiger partial charge is 0.242 e. The SMILES string of the molecule is CN(C)CCCNS(=O)(=O)c1ccccc1N. The highest BCUT2D eigenvalue weighted by molar-refractivity contribution is 7.89. The molecule has 0 spiro atoms. The number of nitrogens with two attached hydrogens (primary N) is 1. The molecular weight excluding hydrogens is 238 g/mol. The van der Waals surface area contributed by atoms with Crippen molar-refractivity contribution in [1.29, 1.82) is 0 Å². The van der Waals surface area contributed by atoms with Crippen LogP contribution in [0.25, 0.3) is 0 Å². The average molecular weight is 257 g/mol. The first-order chi connectivity index (χ1) is 7.93. The highest BCUT2D eigenvalue weighted by Gasteiger charge is 2.15. The number of nitrogens with one attached hydrogen (secondary N) is 1. The Morgan fingerprint density at radius 2 is 1.94 bits per heavy atom. The number of hydrogen-bond donors (Lipinski definition) is 2. The summed E-state index contributed by atoms with van der Waals surface area (Å²) < 4.78 is 26.3. The van der Waals surface area contributed by atoms with Crippen LogP contribution in [0.15, 0.2) is 29.2 Å². The van der Waals surface area contributed by atoms with E-state index in [1.807, 2.05) is 19.0 Å². The Morgan fingerprint density at radius 1 is 1.29 bits per heavy atom. The summed E-state index contributed by atoms with van der Waals surface area (Å²) >= 11 is 0. The van der Waals surface area contributed by atoms with E-state index in [0.29, 0.717) is 6.54 Å². The van der Waals surface area contributed by atoms with Gasteiger partial charge in [-0.25, -0.2) is 13.1 Å². The molecule has 0 heterocycles. The van der Waals surface area contributed by atoms with Crippen LogP contribution in [-0.4, -0.2) is 40.5 Å². The van der Waals surface area contributed by atoms with Crippen LogP contribution in [0.5, 0.6) is 0 Å². The molecule has 0 saturated heterocycles. The lowest BCUT2D eigenvalue weighted by molar-refractivity contribution is 0.400. The summed E-state index contributed by atoms with van der Waals surface area (Å²) in [5, 5.41) is 0. The van der Waals surface area contributed by atoms with Crippen molar-refractivity contribution in [2.75, 3.05) is 32.9 Å². The maximum atomic E-state index is 11.9. The van der Waals surface area contributed by atoms with E-state index in [-0.39, 0.29) is 10.6 Å². The first-order valence-electron chi connectivity index (χ1n) is 5.42. The molecule has 0 atom stereocenters. The summed E-state index contributed by atoms with van der Waals surface area (Å²) in [5.74, 6) is 0. The van der Waals surface area contributed by atoms with Crippen LogP contribution in [0.3, 0.4) is 0 Å². The predicted molar refractivity (Wildman–Crippen MR) is 69.2 cm³/mol. The van der Waals surface area contributed by atoms with Crippen molar-refractivity contribution in [3.05, 3.63) is 24.3 Å². The minimum Gasteiger partial charge on any atom is -0.398 e. The minimum atomic E-state index is -3.48. The first kappa shape index (κ1) is 14.0. The Bertz CT molecular complexity index is 458. The van der Waals surface area contributed by atoms with Crippen LogP contribution in [0.1, 0.15) is 6.42 Å². The zero-order chi connectivity index (χ0) is 12.9. The van der Waals surface area contributed by atoms with Crippen LogP contribution in [0.4, 0.5) is 5.69 Å². The van der Waals surface area contributed by atoms with Gasteiger partial charge in [0.05, 0.1) is 5.69 Å². The standard InChI is InChI=1S/C11H19N3O2S/c1-14(2)9-5-8-13-17(15,16)11-7-4-3-6-10(11)12/h3-4,6-7,13H,5,8-9,12H2,1-2H3. The highest BCUT2D eigenvalue weighted by atomic mass is 32.2. The van der Waals surface area contributed by atoms with Crippen molar-refractivity contribution >= 4 is 15.7 Å². The molecule has 0 bridgehead atoms. The molecule has 0 fully saturated rings. The Labute approximate surface area is 103 Å². The van der Waals surface area contributed by atoms with E-state index in [1.54, 1.807) is 18.2 Å². The fraction of sp³-hybridized carbons (Fsp3) is 0.455. The molecule has 96 valence electrons. The molecule has 0 radical (unpaired) electrons. The molecule has 1 aromatic carbocycles. The summed E-state index contributed by atoms with van der Waals surface area (Å²) in [6.45, 7) is 1.25. The number of para-hydroxylation sites is 1. The molecule has 0 aliphatic heterocycles. The molecule has 1 aromatic rings. The van der Waals surface area contributed by atoms with Crippen LogP contribution < -0.4 is 10.5 Å². The molecule has 0 aromatic heterocycles. The van der Waals surface area contributed by atoms with Crippen molar-refractivity contribution in [2.24, 2.45) is 0 Å². The van der Waals surface area contributed by atoms with Crippen molar-refractivity contribution in [3.8, 4) is 0 Å². The molecule has 1 rings (SSSR count). The van der Waals surface area contributed by atoms with Gasteiger partial charge in [0.25, 0.3) is 0 Å². The molecule has 0 saturated carbocycles. The predicted octanol–water partition coefficient (Wildman–Crippen LogP) is 0.499. The lowest BCUT2D eigenvalue weighted by Crippen LogP contribution is -2.27. The molecule has 0 aliphatic carbocycles. The summed E-state index contributed by atoms with van der Waals surface area (Å²) in [5.41, 5.74) is 5.90. The molecule has 17 heavy (non-hydrogen) atoms. The molecule has 3 N–H and O–H groups in total. The van der Waals surface area contributed by atoms with E-state index in [9.17, 15) is 8.42 Å². The van der Waals surface area contributed by atoms with Gasteiger partial charge in [-0.2, -0.15) is 0 Å². The highest BCUT2D eigenvalue weighted by Crippen LogP contribution is 2.16. The van der Waals surface area contributed by atoms with Gasteiger partial charge in [-0.15, -0.1) is 0 Å². The third-order valence-corrected chi connectivity index (χ3v) is 3.82. The van der Waals surface area contributed by atoms with Gasteiger partial charge in [-0.3, -0.25) is 0 Å². The van der Waals surface area contributed by atoms with Crippen molar-refractivity contribution in [1.82, 2.24) is 9.62 Å². The molecule has 0 amide bonds. The van der Waals surface area contributed by atoms with E-state index in [1.165, 1.54) is 6.07 Å². The summed E-state index contributed by atoms with van der Waals surface area (Å²) in [7, 11) is 0.414. The number of hydrogen-bond acceptors (Lipinski definition) is 4. The zero-order valence-electron chi connectivity index (χ0n) is 10.2. The quantitative estimate of drug-likeness (QED) is 0.575. The first-order valence-corrected chi connectivity index (χ1v) is 6.90. The second-order valence-electron chi connectivity index (χ2n) is 4.09. The van der Waals surface area contributed by atoms with Crippen molar-refractivity contribution in [3.63, 3.8) is 0 Å². The van der Waals surface area contributed by atoms with Gasteiger partial charge in [0.15, 0.2) is 0 Å². The monoisotopic (exact) mass is 257 g/mol. The van der Waals surface area contributed by atoms with Gasteiger partial charge in [0, 0.05) is 6.54 Å². The number of sulfonamides is 1.